The van der Waals surface area contributed by atoms with E-state index in [1.54, 1.807) is 24.3 Å². The van der Waals surface area contributed by atoms with Crippen molar-refractivity contribution in [2.24, 2.45) is 0 Å². The second kappa shape index (κ2) is 9.88. The first-order valence-electron chi connectivity index (χ1n) is 8.14. The summed E-state index contributed by atoms with van der Waals surface area (Å²) in [6, 6.07) is 14.5. The largest absolute Gasteiger partial charge is 0.493 e. The van der Waals surface area contributed by atoms with Gasteiger partial charge in [0.05, 0.1) is 13.7 Å². The van der Waals surface area contributed by atoms with E-state index < -0.39 is 5.91 Å². The van der Waals surface area contributed by atoms with Crippen LogP contribution >= 0.6 is 0 Å². The number of ether oxygens (including phenoxy) is 2. The maximum Gasteiger partial charge on any atom is 0.258 e. The highest BCUT2D eigenvalue weighted by Crippen LogP contribution is 2.28. The van der Waals surface area contributed by atoms with Gasteiger partial charge in [0.1, 0.15) is 0 Å². The minimum absolute atomic E-state index is 0.132. The third-order valence-electron chi connectivity index (χ3n) is 3.47. The number of anilines is 1. The number of amides is 2. The predicted molar refractivity (Wildman–Crippen MR) is 100 cm³/mol. The quantitative estimate of drug-likeness (QED) is 0.679. The lowest BCUT2D eigenvalue weighted by atomic mass is 10.1. The van der Waals surface area contributed by atoms with Gasteiger partial charge >= 0.3 is 0 Å². The Hall–Kier alpha value is -3.28. The molecule has 0 saturated heterocycles. The molecule has 0 unspecified atom stereocenters. The third-order valence-corrected chi connectivity index (χ3v) is 3.47. The SMILES string of the molecule is C=CCc1ccc(OCC(=O)NCC(=O)Nc2ccccc2)c(OC)c1. The van der Waals surface area contributed by atoms with Crippen molar-refractivity contribution in [3.05, 3.63) is 66.7 Å². The smallest absolute Gasteiger partial charge is 0.258 e. The fourth-order valence-corrected chi connectivity index (χ4v) is 2.22. The molecule has 0 aromatic heterocycles. The molecule has 0 bridgehead atoms. The fraction of sp³-hybridized carbons (Fsp3) is 0.200. The molecule has 26 heavy (non-hydrogen) atoms. The Kier molecular flexibility index (Phi) is 7.24. The van der Waals surface area contributed by atoms with E-state index in [1.165, 1.54) is 7.11 Å². The van der Waals surface area contributed by atoms with Gasteiger partial charge in [-0.05, 0) is 36.2 Å². The van der Waals surface area contributed by atoms with Crippen LogP contribution in [0.4, 0.5) is 5.69 Å². The van der Waals surface area contributed by atoms with E-state index in [-0.39, 0.29) is 19.1 Å². The second-order valence-electron chi connectivity index (χ2n) is 5.46. The minimum atomic E-state index is -0.398. The summed E-state index contributed by atoms with van der Waals surface area (Å²) in [5.74, 6) is 0.296. The first-order valence-corrected chi connectivity index (χ1v) is 8.14. The molecular weight excluding hydrogens is 332 g/mol. The summed E-state index contributed by atoms with van der Waals surface area (Å²) in [6.07, 6.45) is 2.51. The fourth-order valence-electron chi connectivity index (χ4n) is 2.22. The van der Waals surface area contributed by atoms with Crippen molar-refractivity contribution in [2.75, 3.05) is 25.6 Å². The highest BCUT2D eigenvalue weighted by Gasteiger charge is 2.10. The van der Waals surface area contributed by atoms with Crippen molar-refractivity contribution in [3.8, 4) is 11.5 Å². The van der Waals surface area contributed by atoms with Gasteiger partial charge in [0.2, 0.25) is 5.91 Å². The third kappa shape index (κ3) is 5.98. The zero-order valence-electron chi connectivity index (χ0n) is 14.7. The van der Waals surface area contributed by atoms with E-state index in [9.17, 15) is 9.59 Å². The molecule has 0 aliphatic rings. The number of benzene rings is 2. The number of hydrogen-bond acceptors (Lipinski definition) is 4. The highest BCUT2D eigenvalue weighted by molar-refractivity contribution is 5.94. The van der Waals surface area contributed by atoms with E-state index in [2.05, 4.69) is 17.2 Å². The molecule has 0 heterocycles. The molecule has 6 nitrogen and oxygen atoms in total. The maximum absolute atomic E-state index is 11.9. The molecule has 0 saturated carbocycles. The van der Waals surface area contributed by atoms with E-state index >= 15 is 0 Å². The molecule has 0 aliphatic carbocycles. The molecule has 0 fully saturated rings. The van der Waals surface area contributed by atoms with Crippen LogP contribution < -0.4 is 20.1 Å². The van der Waals surface area contributed by atoms with Gasteiger partial charge in [-0.1, -0.05) is 30.3 Å². The highest BCUT2D eigenvalue weighted by atomic mass is 16.5. The van der Waals surface area contributed by atoms with Gasteiger partial charge in [-0.15, -0.1) is 6.58 Å². The summed E-state index contributed by atoms with van der Waals surface area (Å²) < 4.78 is 10.8. The molecule has 0 radical (unpaired) electrons. The topological polar surface area (TPSA) is 76.7 Å². The molecule has 2 aromatic rings. The molecule has 2 rings (SSSR count). The van der Waals surface area contributed by atoms with Crippen molar-refractivity contribution in [1.29, 1.82) is 0 Å². The van der Waals surface area contributed by atoms with Crippen molar-refractivity contribution >= 4 is 17.5 Å². The van der Waals surface area contributed by atoms with Gasteiger partial charge in [0, 0.05) is 5.69 Å². The molecule has 0 atom stereocenters. The van der Waals surface area contributed by atoms with Crippen molar-refractivity contribution in [1.82, 2.24) is 5.32 Å². The second-order valence-corrected chi connectivity index (χ2v) is 5.46. The van der Waals surface area contributed by atoms with Gasteiger partial charge in [-0.25, -0.2) is 0 Å². The van der Waals surface area contributed by atoms with Crippen LogP contribution in [0.5, 0.6) is 11.5 Å². The average molecular weight is 354 g/mol. The number of nitrogens with one attached hydrogen (secondary N) is 2. The lowest BCUT2D eigenvalue weighted by Crippen LogP contribution is -2.35. The van der Waals surface area contributed by atoms with Gasteiger partial charge in [0.25, 0.3) is 5.91 Å². The van der Waals surface area contributed by atoms with Crippen LogP contribution in [0.1, 0.15) is 5.56 Å². The maximum atomic E-state index is 11.9. The van der Waals surface area contributed by atoms with Crippen molar-refractivity contribution in [2.45, 2.75) is 6.42 Å². The Morgan fingerprint density at radius 2 is 1.85 bits per heavy atom. The Labute approximate surface area is 152 Å². The van der Waals surface area contributed by atoms with Crippen LogP contribution in [0.15, 0.2) is 61.2 Å². The zero-order valence-corrected chi connectivity index (χ0v) is 14.7. The standard InChI is InChI=1S/C20H22N2O4/c1-3-7-15-10-11-17(18(12-15)25-2)26-14-20(24)21-13-19(23)22-16-8-5-4-6-9-16/h3-6,8-12H,1,7,13-14H2,2H3,(H,21,24)(H,22,23). The minimum Gasteiger partial charge on any atom is -0.493 e. The Balaban J connectivity index is 1.79. The number of methoxy groups -OCH3 is 1. The van der Waals surface area contributed by atoms with Crippen molar-refractivity contribution in [3.63, 3.8) is 0 Å². The van der Waals surface area contributed by atoms with Gasteiger partial charge < -0.3 is 20.1 Å². The van der Waals surface area contributed by atoms with Gasteiger partial charge in [0.15, 0.2) is 18.1 Å². The van der Waals surface area contributed by atoms with Crippen LogP contribution in [0, 0.1) is 0 Å². The van der Waals surface area contributed by atoms with E-state index in [1.807, 2.05) is 30.3 Å². The number of para-hydroxylation sites is 1. The molecule has 6 heteroatoms. The molecule has 2 amide bonds. The number of carbonyl (C=O) groups excluding carboxylic acids is 2. The van der Waals surface area contributed by atoms with E-state index in [0.29, 0.717) is 23.6 Å². The lowest BCUT2D eigenvalue weighted by molar-refractivity contribution is -0.125. The van der Waals surface area contributed by atoms with Crippen LogP contribution in [0.2, 0.25) is 0 Å². The van der Waals surface area contributed by atoms with Crippen molar-refractivity contribution < 1.29 is 19.1 Å². The molecule has 0 aliphatic heterocycles. The Bertz CT molecular complexity index is 760. The Morgan fingerprint density at radius 3 is 2.54 bits per heavy atom. The van der Waals surface area contributed by atoms with E-state index in [0.717, 1.165) is 5.56 Å². The average Bonchev–Trinajstić information content (AvgIpc) is 2.66. The predicted octanol–water partition coefficient (Wildman–Crippen LogP) is 2.56. The van der Waals surface area contributed by atoms with Crippen LogP contribution in [-0.4, -0.2) is 32.1 Å². The molecule has 2 aromatic carbocycles. The molecule has 0 spiro atoms. The number of allylic oxidation sites excluding steroid dienone is 1. The molecular formula is C20H22N2O4. The first-order chi connectivity index (χ1) is 12.6. The molecule has 136 valence electrons. The monoisotopic (exact) mass is 354 g/mol. The summed E-state index contributed by atoms with van der Waals surface area (Å²) >= 11 is 0. The van der Waals surface area contributed by atoms with Gasteiger partial charge in [-0.2, -0.15) is 0 Å². The van der Waals surface area contributed by atoms with Crippen LogP contribution in [0.3, 0.4) is 0 Å². The summed E-state index contributed by atoms with van der Waals surface area (Å²) in [5, 5.41) is 5.20. The number of rotatable bonds is 9. The van der Waals surface area contributed by atoms with Crippen LogP contribution in [0.25, 0.3) is 0 Å². The normalized spacial score (nSPS) is 9.88. The summed E-state index contributed by atoms with van der Waals surface area (Å²) in [7, 11) is 1.54. The summed E-state index contributed by atoms with van der Waals surface area (Å²) in [6.45, 7) is 3.35. The first kappa shape index (κ1) is 19.1. The number of carbonyl (C=O) groups is 2. The molecule has 2 N–H and O–H groups in total. The zero-order chi connectivity index (χ0) is 18.8. The Morgan fingerprint density at radius 1 is 1.08 bits per heavy atom. The van der Waals surface area contributed by atoms with Crippen LogP contribution in [-0.2, 0) is 16.0 Å². The van der Waals surface area contributed by atoms with Gasteiger partial charge in [-0.3, -0.25) is 9.59 Å². The summed E-state index contributed by atoms with van der Waals surface area (Å²) in [5.41, 5.74) is 1.71. The number of hydrogen-bond donors (Lipinski definition) is 2. The van der Waals surface area contributed by atoms with E-state index in [4.69, 9.17) is 9.47 Å². The lowest BCUT2D eigenvalue weighted by Gasteiger charge is -2.12. The summed E-state index contributed by atoms with van der Waals surface area (Å²) in [4.78, 5) is 23.7.